The molecule has 1 aliphatic heterocycles. The van der Waals surface area contributed by atoms with Gasteiger partial charge in [-0.2, -0.15) is 0 Å². The number of fused-ring (bicyclic) bond motifs is 1. The topological polar surface area (TPSA) is 98.5 Å². The molecule has 1 aliphatic rings. The van der Waals surface area contributed by atoms with E-state index in [0.717, 1.165) is 6.26 Å². The standard InChI is InChI=1S/C10H12N2O4S/c1-17(14,15)6-2-3-9-8(4-6)12-10(13)7(11)5-16-9/h2-4,7H,5,11H2,1H3,(H,12,13). The van der Waals surface area contributed by atoms with Crippen LogP contribution in [0.3, 0.4) is 0 Å². The van der Waals surface area contributed by atoms with Gasteiger partial charge in [0.2, 0.25) is 5.91 Å². The van der Waals surface area contributed by atoms with E-state index in [2.05, 4.69) is 5.32 Å². The number of benzene rings is 1. The Labute approximate surface area is 98.7 Å². The van der Waals surface area contributed by atoms with Gasteiger partial charge in [0.15, 0.2) is 9.84 Å². The molecule has 7 heteroatoms. The van der Waals surface area contributed by atoms with Gasteiger partial charge in [0.25, 0.3) is 0 Å². The number of anilines is 1. The highest BCUT2D eigenvalue weighted by Gasteiger charge is 2.22. The monoisotopic (exact) mass is 256 g/mol. The van der Waals surface area contributed by atoms with Crippen LogP contribution in [0.15, 0.2) is 23.1 Å². The highest BCUT2D eigenvalue weighted by molar-refractivity contribution is 7.90. The van der Waals surface area contributed by atoms with E-state index in [-0.39, 0.29) is 11.5 Å². The van der Waals surface area contributed by atoms with Crippen molar-refractivity contribution in [2.75, 3.05) is 18.2 Å². The van der Waals surface area contributed by atoms with Gasteiger partial charge in [-0.3, -0.25) is 4.79 Å². The summed E-state index contributed by atoms with van der Waals surface area (Å²) in [5.74, 6) is 0.0214. The lowest BCUT2D eigenvalue weighted by Gasteiger charge is -2.08. The summed E-state index contributed by atoms with van der Waals surface area (Å²) in [6, 6.07) is 3.53. The van der Waals surface area contributed by atoms with Crippen molar-refractivity contribution in [2.45, 2.75) is 10.9 Å². The number of carbonyl (C=O) groups excluding carboxylic acids is 1. The highest BCUT2D eigenvalue weighted by atomic mass is 32.2. The second-order valence-corrected chi connectivity index (χ2v) is 5.85. The number of nitrogens with one attached hydrogen (secondary N) is 1. The predicted octanol–water partition coefficient (Wildman–Crippen LogP) is -0.252. The molecule has 0 radical (unpaired) electrons. The lowest BCUT2D eigenvalue weighted by Crippen LogP contribution is -2.38. The molecule has 1 aromatic carbocycles. The van der Waals surface area contributed by atoms with Crippen molar-refractivity contribution in [3.05, 3.63) is 18.2 Å². The average molecular weight is 256 g/mol. The molecule has 0 spiro atoms. The molecule has 17 heavy (non-hydrogen) atoms. The van der Waals surface area contributed by atoms with E-state index in [9.17, 15) is 13.2 Å². The van der Waals surface area contributed by atoms with Crippen LogP contribution in [0.2, 0.25) is 0 Å². The van der Waals surface area contributed by atoms with Crippen LogP contribution in [0, 0.1) is 0 Å². The summed E-state index contributed by atoms with van der Waals surface area (Å²) in [5, 5.41) is 2.53. The Balaban J connectivity index is 2.46. The molecule has 1 heterocycles. The number of sulfone groups is 1. The van der Waals surface area contributed by atoms with Crippen molar-refractivity contribution >= 4 is 21.4 Å². The Morgan fingerprint density at radius 1 is 1.47 bits per heavy atom. The number of ether oxygens (including phenoxy) is 1. The van der Waals surface area contributed by atoms with Crippen molar-refractivity contribution in [3.8, 4) is 5.75 Å². The van der Waals surface area contributed by atoms with Crippen molar-refractivity contribution in [2.24, 2.45) is 5.73 Å². The first-order valence-electron chi connectivity index (χ1n) is 4.91. The summed E-state index contributed by atoms with van der Waals surface area (Å²) in [6.07, 6.45) is 1.10. The molecule has 0 saturated carbocycles. The number of hydrogen-bond donors (Lipinski definition) is 2. The Morgan fingerprint density at radius 3 is 2.82 bits per heavy atom. The minimum Gasteiger partial charge on any atom is -0.489 e. The zero-order chi connectivity index (χ0) is 12.6. The Bertz CT molecular complexity index is 568. The van der Waals surface area contributed by atoms with Gasteiger partial charge >= 0.3 is 0 Å². The number of amides is 1. The van der Waals surface area contributed by atoms with Crippen LogP contribution in [0.1, 0.15) is 0 Å². The van der Waals surface area contributed by atoms with Crippen molar-refractivity contribution in [1.29, 1.82) is 0 Å². The van der Waals surface area contributed by atoms with Gasteiger partial charge in [-0.1, -0.05) is 0 Å². The summed E-state index contributed by atoms with van der Waals surface area (Å²) in [4.78, 5) is 11.6. The first kappa shape index (κ1) is 11.9. The Hall–Kier alpha value is -1.60. The molecular weight excluding hydrogens is 244 g/mol. The molecule has 1 atom stereocenters. The third-order valence-corrected chi connectivity index (χ3v) is 3.50. The highest BCUT2D eigenvalue weighted by Crippen LogP contribution is 2.29. The van der Waals surface area contributed by atoms with Crippen LogP contribution in [0.25, 0.3) is 0 Å². The summed E-state index contributed by atoms with van der Waals surface area (Å²) in [7, 11) is -3.32. The van der Waals surface area contributed by atoms with E-state index in [4.69, 9.17) is 10.5 Å². The molecular formula is C10H12N2O4S. The number of hydrogen-bond acceptors (Lipinski definition) is 5. The maximum Gasteiger partial charge on any atom is 0.244 e. The predicted molar refractivity (Wildman–Crippen MR) is 61.7 cm³/mol. The van der Waals surface area contributed by atoms with Crippen molar-refractivity contribution in [3.63, 3.8) is 0 Å². The largest absolute Gasteiger partial charge is 0.489 e. The Morgan fingerprint density at radius 2 is 2.18 bits per heavy atom. The zero-order valence-electron chi connectivity index (χ0n) is 9.14. The SMILES string of the molecule is CS(=O)(=O)c1ccc2c(c1)NC(=O)C(N)CO2. The molecule has 0 fully saturated rings. The van der Waals surface area contributed by atoms with E-state index in [1.54, 1.807) is 0 Å². The van der Waals surface area contributed by atoms with Gasteiger partial charge in [-0.15, -0.1) is 0 Å². The van der Waals surface area contributed by atoms with E-state index < -0.39 is 21.8 Å². The first-order chi connectivity index (χ1) is 7.88. The smallest absolute Gasteiger partial charge is 0.244 e. The quantitative estimate of drug-likeness (QED) is 0.721. The fourth-order valence-corrected chi connectivity index (χ4v) is 2.09. The third kappa shape index (κ3) is 2.40. The molecule has 92 valence electrons. The van der Waals surface area contributed by atoms with Crippen molar-refractivity contribution in [1.82, 2.24) is 0 Å². The first-order valence-corrected chi connectivity index (χ1v) is 6.80. The number of nitrogens with two attached hydrogens (primary N) is 1. The average Bonchev–Trinajstić information content (AvgIpc) is 2.37. The van der Waals surface area contributed by atoms with E-state index >= 15 is 0 Å². The second kappa shape index (κ2) is 4.01. The van der Waals surface area contributed by atoms with Crippen LogP contribution in [0.5, 0.6) is 5.75 Å². The lowest BCUT2D eigenvalue weighted by molar-refractivity contribution is -0.117. The van der Waals surface area contributed by atoms with Gasteiger partial charge < -0.3 is 15.8 Å². The zero-order valence-corrected chi connectivity index (χ0v) is 9.95. The molecule has 0 saturated heterocycles. The van der Waals surface area contributed by atoms with Crippen LogP contribution in [0.4, 0.5) is 5.69 Å². The van der Waals surface area contributed by atoms with E-state index in [0.29, 0.717) is 11.4 Å². The second-order valence-electron chi connectivity index (χ2n) is 3.84. The molecule has 0 bridgehead atoms. The van der Waals surface area contributed by atoms with E-state index in [1.807, 2.05) is 0 Å². The maximum atomic E-state index is 11.5. The van der Waals surface area contributed by atoms with Gasteiger partial charge in [0.05, 0.1) is 10.6 Å². The molecule has 2 rings (SSSR count). The van der Waals surface area contributed by atoms with Gasteiger partial charge in [-0.25, -0.2) is 8.42 Å². The molecule has 0 aliphatic carbocycles. The maximum absolute atomic E-state index is 11.5. The third-order valence-electron chi connectivity index (χ3n) is 2.39. The number of rotatable bonds is 1. The fraction of sp³-hybridized carbons (Fsp3) is 0.300. The minimum absolute atomic E-state index is 0.0665. The van der Waals surface area contributed by atoms with Gasteiger partial charge in [0, 0.05) is 6.26 Å². The molecule has 1 aromatic rings. The van der Waals surface area contributed by atoms with Crippen LogP contribution in [-0.2, 0) is 14.6 Å². The van der Waals surface area contributed by atoms with Gasteiger partial charge in [-0.05, 0) is 18.2 Å². The minimum atomic E-state index is -3.32. The fourth-order valence-electron chi connectivity index (χ4n) is 1.44. The summed E-state index contributed by atoms with van der Waals surface area (Å²) >= 11 is 0. The summed E-state index contributed by atoms with van der Waals surface area (Å²) in [5.41, 5.74) is 5.85. The Kier molecular flexibility index (Phi) is 2.80. The molecule has 6 nitrogen and oxygen atoms in total. The lowest BCUT2D eigenvalue weighted by atomic mass is 10.3. The van der Waals surface area contributed by atoms with Crippen LogP contribution >= 0.6 is 0 Å². The van der Waals surface area contributed by atoms with Gasteiger partial charge in [0.1, 0.15) is 18.4 Å². The summed E-state index contributed by atoms with van der Waals surface area (Å²) in [6.45, 7) is 0.0665. The van der Waals surface area contributed by atoms with E-state index in [1.165, 1.54) is 18.2 Å². The molecule has 1 amide bonds. The normalized spacial score (nSPS) is 19.9. The van der Waals surface area contributed by atoms with Crippen molar-refractivity contribution < 1.29 is 17.9 Å². The number of carbonyl (C=O) groups is 1. The van der Waals surface area contributed by atoms with Crippen LogP contribution < -0.4 is 15.8 Å². The molecule has 3 N–H and O–H groups in total. The van der Waals surface area contributed by atoms with Crippen LogP contribution in [-0.4, -0.2) is 33.2 Å². The molecule has 1 unspecified atom stereocenters. The molecule has 0 aromatic heterocycles. The summed E-state index contributed by atoms with van der Waals surface area (Å²) < 4.78 is 28.0.